The third-order valence-electron chi connectivity index (χ3n) is 3.71. The number of aliphatic hydroxyl groups is 1. The van der Waals surface area contributed by atoms with E-state index in [0.29, 0.717) is 25.0 Å². The lowest BCUT2D eigenvalue weighted by atomic mass is 9.94. The van der Waals surface area contributed by atoms with Crippen LogP contribution in [0.3, 0.4) is 0 Å². The minimum atomic E-state index is 0.267. The largest absolute Gasteiger partial charge is 0.486 e. The molecule has 1 aromatic rings. The summed E-state index contributed by atoms with van der Waals surface area (Å²) in [6.07, 6.45) is 2.01. The first kappa shape index (κ1) is 16.1. The Bertz CT molecular complexity index is 434. The van der Waals surface area contributed by atoms with Gasteiger partial charge in [-0.1, -0.05) is 19.9 Å². The topological polar surface area (TPSA) is 50.7 Å². The summed E-state index contributed by atoms with van der Waals surface area (Å²) < 4.78 is 11.1. The van der Waals surface area contributed by atoms with E-state index in [4.69, 9.17) is 14.6 Å². The molecule has 1 atom stereocenters. The van der Waals surface area contributed by atoms with Crippen LogP contribution in [0.2, 0.25) is 0 Å². The van der Waals surface area contributed by atoms with E-state index in [2.05, 4.69) is 25.2 Å². The molecule has 0 aliphatic carbocycles. The van der Waals surface area contributed by atoms with Gasteiger partial charge in [-0.2, -0.15) is 0 Å². The van der Waals surface area contributed by atoms with Crippen LogP contribution in [0.1, 0.15) is 32.3 Å². The van der Waals surface area contributed by atoms with Crippen molar-refractivity contribution in [3.63, 3.8) is 0 Å². The van der Waals surface area contributed by atoms with Crippen molar-refractivity contribution in [2.24, 2.45) is 11.8 Å². The van der Waals surface area contributed by atoms with Crippen LogP contribution < -0.4 is 14.8 Å². The molecule has 2 rings (SSSR count). The highest BCUT2D eigenvalue weighted by Crippen LogP contribution is 2.30. The molecular formula is C17H27NO3. The molecule has 2 N–H and O–H groups in total. The Labute approximate surface area is 127 Å². The molecule has 1 unspecified atom stereocenters. The first-order chi connectivity index (χ1) is 10.2. The number of hydrogen-bond acceptors (Lipinski definition) is 4. The Hall–Kier alpha value is -1.26. The molecule has 1 aromatic carbocycles. The van der Waals surface area contributed by atoms with Crippen LogP contribution in [0.15, 0.2) is 18.2 Å². The summed E-state index contributed by atoms with van der Waals surface area (Å²) in [5.74, 6) is 2.88. The number of benzene rings is 1. The number of fused-ring (bicyclic) bond motifs is 1. The average molecular weight is 293 g/mol. The normalized spacial score (nSPS) is 15.2. The summed E-state index contributed by atoms with van der Waals surface area (Å²) in [4.78, 5) is 0. The summed E-state index contributed by atoms with van der Waals surface area (Å²) in [5, 5.41) is 12.6. The fourth-order valence-electron chi connectivity index (χ4n) is 2.77. The van der Waals surface area contributed by atoms with Crippen molar-refractivity contribution in [1.29, 1.82) is 0 Å². The zero-order valence-electron chi connectivity index (χ0n) is 13.1. The van der Waals surface area contributed by atoms with Crippen LogP contribution in [0.5, 0.6) is 11.5 Å². The van der Waals surface area contributed by atoms with Crippen molar-refractivity contribution < 1.29 is 14.6 Å². The van der Waals surface area contributed by atoms with Crippen molar-refractivity contribution in [2.45, 2.75) is 33.2 Å². The molecule has 4 heteroatoms. The third-order valence-corrected chi connectivity index (χ3v) is 3.71. The maximum Gasteiger partial charge on any atom is 0.161 e. The van der Waals surface area contributed by atoms with Crippen molar-refractivity contribution >= 4 is 0 Å². The van der Waals surface area contributed by atoms with Gasteiger partial charge in [-0.25, -0.2) is 0 Å². The van der Waals surface area contributed by atoms with Gasteiger partial charge in [0.15, 0.2) is 11.5 Å². The fourth-order valence-corrected chi connectivity index (χ4v) is 2.77. The van der Waals surface area contributed by atoms with Gasteiger partial charge in [0.2, 0.25) is 0 Å². The van der Waals surface area contributed by atoms with E-state index in [1.807, 2.05) is 12.1 Å². The predicted molar refractivity (Wildman–Crippen MR) is 83.8 cm³/mol. The molecule has 0 bridgehead atoms. The Morgan fingerprint density at radius 1 is 1.19 bits per heavy atom. The number of hydrogen-bond donors (Lipinski definition) is 2. The lowest BCUT2D eigenvalue weighted by Gasteiger charge is -2.20. The molecule has 118 valence electrons. The fraction of sp³-hybridized carbons (Fsp3) is 0.647. The molecule has 0 radical (unpaired) electrons. The van der Waals surface area contributed by atoms with Crippen LogP contribution in [-0.4, -0.2) is 31.5 Å². The van der Waals surface area contributed by atoms with E-state index < -0.39 is 0 Å². The molecular weight excluding hydrogens is 266 g/mol. The first-order valence-electron chi connectivity index (χ1n) is 7.89. The zero-order valence-corrected chi connectivity index (χ0v) is 13.1. The highest BCUT2D eigenvalue weighted by molar-refractivity contribution is 5.43. The smallest absolute Gasteiger partial charge is 0.161 e. The summed E-state index contributed by atoms with van der Waals surface area (Å²) in [5.41, 5.74) is 1.20. The number of ether oxygens (including phenoxy) is 2. The molecule has 4 nitrogen and oxygen atoms in total. The highest BCUT2D eigenvalue weighted by atomic mass is 16.6. The van der Waals surface area contributed by atoms with E-state index in [1.54, 1.807) is 0 Å². The molecule has 0 fully saturated rings. The minimum Gasteiger partial charge on any atom is -0.486 e. The minimum absolute atomic E-state index is 0.267. The van der Waals surface area contributed by atoms with Gasteiger partial charge in [-0.05, 0) is 48.9 Å². The highest BCUT2D eigenvalue weighted by Gasteiger charge is 2.13. The lowest BCUT2D eigenvalue weighted by molar-refractivity contribution is 0.171. The van der Waals surface area contributed by atoms with Crippen LogP contribution in [0, 0.1) is 11.8 Å². The lowest BCUT2D eigenvalue weighted by Crippen LogP contribution is -2.24. The monoisotopic (exact) mass is 293 g/mol. The molecule has 0 aromatic heterocycles. The molecule has 1 aliphatic rings. The van der Waals surface area contributed by atoms with Crippen molar-refractivity contribution in [2.75, 3.05) is 26.4 Å². The van der Waals surface area contributed by atoms with Crippen LogP contribution in [-0.2, 0) is 6.54 Å². The van der Waals surface area contributed by atoms with Gasteiger partial charge in [0.1, 0.15) is 13.2 Å². The number of rotatable bonds is 8. The van der Waals surface area contributed by atoms with Gasteiger partial charge in [-0.3, -0.25) is 0 Å². The first-order valence-corrected chi connectivity index (χ1v) is 7.89. The van der Waals surface area contributed by atoms with Crippen LogP contribution >= 0.6 is 0 Å². The van der Waals surface area contributed by atoms with Gasteiger partial charge >= 0.3 is 0 Å². The molecule has 0 saturated carbocycles. The molecule has 0 spiro atoms. The van der Waals surface area contributed by atoms with Gasteiger partial charge in [0.05, 0.1) is 0 Å². The second-order valence-corrected chi connectivity index (χ2v) is 6.12. The average Bonchev–Trinajstić information content (AvgIpc) is 2.47. The Morgan fingerprint density at radius 3 is 2.67 bits per heavy atom. The van der Waals surface area contributed by atoms with Crippen molar-refractivity contribution in [3.05, 3.63) is 23.8 Å². The summed E-state index contributed by atoms with van der Waals surface area (Å²) >= 11 is 0. The van der Waals surface area contributed by atoms with Gasteiger partial charge in [0, 0.05) is 13.2 Å². The van der Waals surface area contributed by atoms with Crippen LogP contribution in [0.4, 0.5) is 0 Å². The predicted octanol–water partition coefficient (Wildman–Crippen LogP) is 2.59. The molecule has 0 saturated heterocycles. The zero-order chi connectivity index (χ0) is 15.1. The van der Waals surface area contributed by atoms with Gasteiger partial charge in [-0.15, -0.1) is 0 Å². The van der Waals surface area contributed by atoms with Crippen LogP contribution in [0.25, 0.3) is 0 Å². The summed E-state index contributed by atoms with van der Waals surface area (Å²) in [7, 11) is 0. The molecule has 0 amide bonds. The second kappa shape index (κ2) is 8.25. The number of nitrogens with one attached hydrogen (secondary N) is 1. The summed E-state index contributed by atoms with van der Waals surface area (Å²) in [6.45, 7) is 7.73. The van der Waals surface area contributed by atoms with E-state index in [1.165, 1.54) is 5.56 Å². The van der Waals surface area contributed by atoms with Crippen molar-refractivity contribution in [3.8, 4) is 11.5 Å². The Morgan fingerprint density at radius 2 is 1.95 bits per heavy atom. The van der Waals surface area contributed by atoms with E-state index >= 15 is 0 Å². The van der Waals surface area contributed by atoms with Gasteiger partial charge in [0.25, 0.3) is 0 Å². The molecule has 21 heavy (non-hydrogen) atoms. The third kappa shape index (κ3) is 5.21. The van der Waals surface area contributed by atoms with Gasteiger partial charge < -0.3 is 19.9 Å². The Kier molecular flexibility index (Phi) is 6.33. The molecule has 1 heterocycles. The quantitative estimate of drug-likeness (QED) is 0.773. The Balaban J connectivity index is 1.81. The standard InChI is InChI=1S/C17H27NO3/c1-13(2)9-15(5-6-19)12-18-11-14-3-4-16-17(10-14)21-8-7-20-16/h3-4,10,13,15,18-19H,5-9,11-12H2,1-2H3. The second-order valence-electron chi connectivity index (χ2n) is 6.12. The summed E-state index contributed by atoms with van der Waals surface area (Å²) in [6, 6.07) is 6.10. The maximum absolute atomic E-state index is 9.14. The van der Waals surface area contributed by atoms with E-state index in [-0.39, 0.29) is 6.61 Å². The SMILES string of the molecule is CC(C)CC(CCO)CNCc1ccc2c(c1)OCCO2. The number of aliphatic hydroxyl groups excluding tert-OH is 1. The van der Waals surface area contributed by atoms with Crippen molar-refractivity contribution in [1.82, 2.24) is 5.32 Å². The van der Waals surface area contributed by atoms with E-state index in [0.717, 1.165) is 37.4 Å². The molecule has 1 aliphatic heterocycles. The maximum atomic E-state index is 9.14. The van der Waals surface area contributed by atoms with E-state index in [9.17, 15) is 0 Å².